The molecule has 1 amide bonds. The summed E-state index contributed by atoms with van der Waals surface area (Å²) in [4.78, 5) is 12.0. The lowest BCUT2D eigenvalue weighted by molar-refractivity contribution is -0.123. The molecule has 0 aromatic carbocycles. The second kappa shape index (κ2) is 3.73. The Morgan fingerprint density at radius 2 is 2.12 bits per heavy atom. The van der Waals surface area contributed by atoms with Crippen molar-refractivity contribution in [1.82, 2.24) is 10.6 Å². The highest BCUT2D eigenvalue weighted by molar-refractivity contribution is 5.82. The number of nitrogens with one attached hydrogen (secondary N) is 2. The number of carbonyl (C=O) groups excluding carboxylic acids is 1. The molecule has 3 nitrogen and oxygen atoms in total. The first-order valence-corrected chi connectivity index (χ1v) is 6.72. The highest BCUT2D eigenvalue weighted by atomic mass is 16.2. The number of amides is 1. The molecular weight excluding hydrogens is 200 g/mol. The molecule has 2 atom stereocenters. The highest BCUT2D eigenvalue weighted by Crippen LogP contribution is 2.60. The van der Waals surface area contributed by atoms with E-state index in [-0.39, 0.29) is 11.9 Å². The molecule has 90 valence electrons. The quantitative estimate of drug-likeness (QED) is 0.752. The predicted molar refractivity (Wildman–Crippen MR) is 63.0 cm³/mol. The summed E-state index contributed by atoms with van der Waals surface area (Å²) in [7, 11) is 0. The van der Waals surface area contributed by atoms with Crippen LogP contribution in [0.5, 0.6) is 0 Å². The maximum Gasteiger partial charge on any atom is 0.237 e. The summed E-state index contributed by atoms with van der Waals surface area (Å²) in [6.45, 7) is 4.09. The van der Waals surface area contributed by atoms with E-state index in [4.69, 9.17) is 0 Å². The van der Waals surface area contributed by atoms with Crippen molar-refractivity contribution in [1.29, 1.82) is 0 Å². The van der Waals surface area contributed by atoms with E-state index >= 15 is 0 Å². The summed E-state index contributed by atoms with van der Waals surface area (Å²) >= 11 is 0. The average molecular weight is 222 g/mol. The van der Waals surface area contributed by atoms with Crippen molar-refractivity contribution in [3.63, 3.8) is 0 Å². The van der Waals surface area contributed by atoms with Crippen LogP contribution in [-0.4, -0.2) is 25.0 Å². The molecule has 0 aromatic heterocycles. The Bertz CT molecular complexity index is 294. The average Bonchev–Trinajstić information content (AvgIpc) is 3.14. The second-order valence-electron chi connectivity index (χ2n) is 6.05. The lowest BCUT2D eigenvalue weighted by Gasteiger charge is -2.19. The van der Waals surface area contributed by atoms with Gasteiger partial charge in [0.05, 0.1) is 6.04 Å². The van der Waals surface area contributed by atoms with Crippen LogP contribution in [0.1, 0.15) is 39.0 Å². The zero-order chi connectivity index (χ0) is 11.2. The van der Waals surface area contributed by atoms with Gasteiger partial charge in [-0.2, -0.15) is 0 Å². The van der Waals surface area contributed by atoms with Crippen LogP contribution < -0.4 is 10.6 Å². The molecule has 1 aliphatic heterocycles. The molecule has 2 N–H and O–H groups in total. The molecule has 0 bridgehead atoms. The molecule has 3 heteroatoms. The Labute approximate surface area is 97.4 Å². The van der Waals surface area contributed by atoms with Gasteiger partial charge in [-0.25, -0.2) is 0 Å². The molecule has 1 heterocycles. The summed E-state index contributed by atoms with van der Waals surface area (Å²) in [5.74, 6) is 1.66. The largest absolute Gasteiger partial charge is 0.354 e. The third kappa shape index (κ3) is 1.86. The highest BCUT2D eigenvalue weighted by Gasteiger charge is 2.53. The Morgan fingerprint density at radius 1 is 1.38 bits per heavy atom. The molecule has 1 saturated heterocycles. The van der Waals surface area contributed by atoms with Gasteiger partial charge >= 0.3 is 0 Å². The maximum absolute atomic E-state index is 12.0. The molecule has 2 unspecified atom stereocenters. The van der Waals surface area contributed by atoms with E-state index in [9.17, 15) is 4.79 Å². The Morgan fingerprint density at radius 3 is 2.62 bits per heavy atom. The third-order valence-corrected chi connectivity index (χ3v) is 4.77. The summed E-state index contributed by atoms with van der Waals surface area (Å²) in [5, 5.41) is 6.47. The fourth-order valence-corrected chi connectivity index (χ4v) is 3.14. The van der Waals surface area contributed by atoms with E-state index in [1.807, 2.05) is 0 Å². The van der Waals surface area contributed by atoms with Crippen molar-refractivity contribution in [2.45, 2.75) is 45.1 Å². The molecule has 3 aliphatic rings. The number of hydrogen-bond donors (Lipinski definition) is 2. The van der Waals surface area contributed by atoms with Crippen molar-refractivity contribution in [2.24, 2.45) is 17.3 Å². The van der Waals surface area contributed by atoms with E-state index in [2.05, 4.69) is 17.6 Å². The van der Waals surface area contributed by atoms with Crippen LogP contribution in [0, 0.1) is 17.3 Å². The van der Waals surface area contributed by atoms with Crippen LogP contribution in [0.15, 0.2) is 0 Å². The molecule has 3 rings (SSSR count). The first-order chi connectivity index (χ1) is 7.71. The Balaban J connectivity index is 1.49. The van der Waals surface area contributed by atoms with Crippen molar-refractivity contribution in [2.75, 3.05) is 13.1 Å². The van der Waals surface area contributed by atoms with E-state index in [1.54, 1.807) is 0 Å². The first-order valence-electron chi connectivity index (χ1n) is 6.72. The Kier molecular flexibility index (Phi) is 2.46. The molecule has 0 aromatic rings. The van der Waals surface area contributed by atoms with Gasteiger partial charge in [0.15, 0.2) is 0 Å². The topological polar surface area (TPSA) is 41.1 Å². The summed E-state index contributed by atoms with van der Waals surface area (Å²) in [6, 6.07) is 0.0648. The van der Waals surface area contributed by atoms with Crippen molar-refractivity contribution < 1.29 is 4.79 Å². The Hall–Kier alpha value is -0.570. The normalized spacial score (nSPS) is 36.1. The first kappa shape index (κ1) is 10.6. The minimum Gasteiger partial charge on any atom is -0.354 e. The van der Waals surface area contributed by atoms with Gasteiger partial charge in [0.2, 0.25) is 5.91 Å². The minimum absolute atomic E-state index is 0.0648. The molecule has 16 heavy (non-hydrogen) atoms. The van der Waals surface area contributed by atoms with E-state index < -0.39 is 0 Å². The lowest BCUT2D eigenvalue weighted by Crippen LogP contribution is -2.45. The zero-order valence-electron chi connectivity index (χ0n) is 10.1. The maximum atomic E-state index is 12.0. The molecule has 2 saturated carbocycles. The molecule has 3 fully saturated rings. The van der Waals surface area contributed by atoms with Crippen molar-refractivity contribution in [3.8, 4) is 0 Å². The zero-order valence-corrected chi connectivity index (χ0v) is 10.1. The van der Waals surface area contributed by atoms with Crippen LogP contribution in [0.2, 0.25) is 0 Å². The van der Waals surface area contributed by atoms with Crippen LogP contribution >= 0.6 is 0 Å². The van der Waals surface area contributed by atoms with Crippen LogP contribution in [-0.2, 0) is 4.79 Å². The van der Waals surface area contributed by atoms with Crippen LogP contribution in [0.25, 0.3) is 0 Å². The fraction of sp³-hybridized carbons (Fsp3) is 0.923. The van der Waals surface area contributed by atoms with E-state index in [0.717, 1.165) is 25.4 Å². The molecular formula is C13H22N2O. The molecule has 0 radical (unpaired) electrons. The van der Waals surface area contributed by atoms with Gasteiger partial charge < -0.3 is 10.6 Å². The van der Waals surface area contributed by atoms with Gasteiger partial charge in [0.1, 0.15) is 0 Å². The van der Waals surface area contributed by atoms with Gasteiger partial charge in [-0.1, -0.05) is 6.92 Å². The van der Waals surface area contributed by atoms with Crippen molar-refractivity contribution in [3.05, 3.63) is 0 Å². The third-order valence-electron chi connectivity index (χ3n) is 4.77. The predicted octanol–water partition coefficient (Wildman–Crippen LogP) is 1.29. The minimum atomic E-state index is 0.0648. The van der Waals surface area contributed by atoms with Gasteiger partial charge in [0, 0.05) is 6.54 Å². The molecule has 0 spiro atoms. The number of rotatable bonds is 4. The molecule has 2 aliphatic carbocycles. The monoisotopic (exact) mass is 222 g/mol. The van der Waals surface area contributed by atoms with Crippen LogP contribution in [0.3, 0.4) is 0 Å². The summed E-state index contributed by atoms with van der Waals surface area (Å²) in [6.07, 6.45) is 6.60. The van der Waals surface area contributed by atoms with Crippen LogP contribution in [0.4, 0.5) is 0 Å². The summed E-state index contributed by atoms with van der Waals surface area (Å²) < 4.78 is 0. The van der Waals surface area contributed by atoms with E-state index in [0.29, 0.717) is 11.3 Å². The lowest BCUT2D eigenvalue weighted by atomic mass is 9.99. The number of hydrogen-bond acceptors (Lipinski definition) is 2. The van der Waals surface area contributed by atoms with Gasteiger partial charge in [-0.05, 0) is 55.9 Å². The van der Waals surface area contributed by atoms with Gasteiger partial charge in [0.25, 0.3) is 0 Å². The van der Waals surface area contributed by atoms with Gasteiger partial charge in [-0.15, -0.1) is 0 Å². The number of carbonyl (C=O) groups is 1. The standard InChI is InChI=1S/C13H22N2O/c1-9-4-7-14-11(9)12(16)15-8-13(5-6-13)10-2-3-10/h9-11,14H,2-8H2,1H3,(H,15,16). The SMILES string of the molecule is CC1CCNC1C(=O)NCC1(C2CC2)CC1. The fourth-order valence-electron chi connectivity index (χ4n) is 3.14. The second-order valence-corrected chi connectivity index (χ2v) is 6.05. The smallest absolute Gasteiger partial charge is 0.237 e. The van der Waals surface area contributed by atoms with Crippen molar-refractivity contribution >= 4 is 5.91 Å². The summed E-state index contributed by atoms with van der Waals surface area (Å²) in [5.41, 5.74) is 0.525. The van der Waals surface area contributed by atoms with Gasteiger partial charge in [-0.3, -0.25) is 4.79 Å². The van der Waals surface area contributed by atoms with E-state index in [1.165, 1.54) is 25.7 Å².